The van der Waals surface area contributed by atoms with Crippen LogP contribution < -0.4 is 10.1 Å². The molecule has 0 bridgehead atoms. The third kappa shape index (κ3) is 4.34. The van der Waals surface area contributed by atoms with Crippen LogP contribution in [-0.4, -0.2) is 24.7 Å². The van der Waals surface area contributed by atoms with E-state index >= 15 is 0 Å². The number of carbonyl (C=O) groups is 1. The Hall–Kier alpha value is -1.07. The number of nitrogens with one attached hydrogen (secondary N) is 1. The van der Waals surface area contributed by atoms with Gasteiger partial charge in [0.05, 0.1) is 19.3 Å². The molecule has 1 amide bonds. The highest BCUT2D eigenvalue weighted by Crippen LogP contribution is 2.49. The molecule has 0 unspecified atom stereocenters. The predicted octanol–water partition coefficient (Wildman–Crippen LogP) is 5.25. The summed E-state index contributed by atoms with van der Waals surface area (Å²) < 4.78 is 13.2. The Morgan fingerprint density at radius 3 is 2.78 bits per heavy atom. The fraction of sp³-hybridized carbons (Fsp3) is 0.682. The lowest BCUT2D eigenvalue weighted by atomic mass is 9.66. The lowest BCUT2D eigenvalue weighted by Crippen LogP contribution is -2.61. The smallest absolute Gasteiger partial charge is 0.222 e. The SMILES string of the molecule is COc1ccc(Br)cc1[C@@H]1C[C@](C)(NC(=O)C(C)C)[C@H]2CC[C@H](C)C[C@@H]2O1. The molecule has 1 saturated heterocycles. The van der Waals surface area contributed by atoms with Crippen molar-refractivity contribution in [1.29, 1.82) is 0 Å². The Kier molecular flexibility index (Phi) is 6.21. The average Bonchev–Trinajstić information content (AvgIpc) is 2.60. The van der Waals surface area contributed by atoms with Crippen molar-refractivity contribution < 1.29 is 14.3 Å². The first-order chi connectivity index (χ1) is 12.7. The number of hydrogen-bond donors (Lipinski definition) is 1. The molecule has 27 heavy (non-hydrogen) atoms. The topological polar surface area (TPSA) is 47.6 Å². The van der Waals surface area contributed by atoms with Gasteiger partial charge in [-0.3, -0.25) is 4.79 Å². The molecule has 1 saturated carbocycles. The minimum absolute atomic E-state index is 0.0236. The number of carbonyl (C=O) groups excluding carboxylic acids is 1. The minimum Gasteiger partial charge on any atom is -0.496 e. The van der Waals surface area contributed by atoms with Gasteiger partial charge in [-0.2, -0.15) is 0 Å². The van der Waals surface area contributed by atoms with Gasteiger partial charge in [-0.25, -0.2) is 0 Å². The second kappa shape index (κ2) is 8.12. The third-order valence-corrected chi connectivity index (χ3v) is 6.79. The van der Waals surface area contributed by atoms with E-state index in [0.29, 0.717) is 11.8 Å². The van der Waals surface area contributed by atoms with Gasteiger partial charge in [0, 0.05) is 33.8 Å². The monoisotopic (exact) mass is 437 g/mol. The zero-order valence-corrected chi connectivity index (χ0v) is 18.6. The first-order valence-electron chi connectivity index (χ1n) is 10.0. The second-order valence-corrected chi connectivity index (χ2v) is 9.76. The van der Waals surface area contributed by atoms with Gasteiger partial charge >= 0.3 is 0 Å². The molecule has 0 radical (unpaired) electrons. The van der Waals surface area contributed by atoms with Crippen LogP contribution in [0.2, 0.25) is 0 Å². The molecular formula is C22H32BrNO3. The molecule has 3 rings (SSSR count). The third-order valence-electron chi connectivity index (χ3n) is 6.29. The fourth-order valence-corrected chi connectivity index (χ4v) is 5.09. The van der Waals surface area contributed by atoms with Crippen LogP contribution in [0.3, 0.4) is 0 Å². The van der Waals surface area contributed by atoms with E-state index in [4.69, 9.17) is 9.47 Å². The molecule has 1 aliphatic heterocycles. The first-order valence-corrected chi connectivity index (χ1v) is 10.8. The molecule has 1 aliphatic carbocycles. The highest BCUT2D eigenvalue weighted by Gasteiger charge is 2.50. The van der Waals surface area contributed by atoms with Gasteiger partial charge in [-0.1, -0.05) is 43.1 Å². The largest absolute Gasteiger partial charge is 0.496 e. The van der Waals surface area contributed by atoms with Gasteiger partial charge in [-0.15, -0.1) is 0 Å². The van der Waals surface area contributed by atoms with Crippen molar-refractivity contribution >= 4 is 21.8 Å². The van der Waals surface area contributed by atoms with Crippen molar-refractivity contribution in [3.05, 3.63) is 28.2 Å². The summed E-state index contributed by atoms with van der Waals surface area (Å²) in [6, 6.07) is 6.04. The van der Waals surface area contributed by atoms with E-state index in [1.807, 2.05) is 26.0 Å². The van der Waals surface area contributed by atoms with Crippen LogP contribution in [0.1, 0.15) is 65.0 Å². The predicted molar refractivity (Wildman–Crippen MR) is 111 cm³/mol. The van der Waals surface area contributed by atoms with Crippen LogP contribution in [0.5, 0.6) is 5.75 Å². The maximum Gasteiger partial charge on any atom is 0.222 e. The molecular weight excluding hydrogens is 406 g/mol. The lowest BCUT2D eigenvalue weighted by molar-refractivity contribution is -0.155. The number of halogens is 1. The molecule has 5 atom stereocenters. The summed E-state index contributed by atoms with van der Waals surface area (Å²) in [5.74, 6) is 1.94. The van der Waals surface area contributed by atoms with E-state index in [9.17, 15) is 4.79 Å². The number of rotatable bonds is 4. The zero-order chi connectivity index (χ0) is 19.8. The van der Waals surface area contributed by atoms with E-state index in [1.54, 1.807) is 7.11 Å². The average molecular weight is 438 g/mol. The number of benzene rings is 1. The van der Waals surface area contributed by atoms with Crippen LogP contribution >= 0.6 is 15.9 Å². The highest BCUT2D eigenvalue weighted by molar-refractivity contribution is 9.10. The van der Waals surface area contributed by atoms with Crippen molar-refractivity contribution in [3.63, 3.8) is 0 Å². The van der Waals surface area contributed by atoms with E-state index in [2.05, 4.69) is 41.2 Å². The standard InChI is InChI=1S/C22H32BrNO3/c1-13(2)21(25)24-22(4)12-20(16-11-15(23)7-9-18(16)26-5)27-19-10-14(3)6-8-17(19)22/h7,9,11,13-14,17,19-20H,6,8,10,12H2,1-5H3,(H,24,25)/t14-,17-,19-,20-,22-/m0/s1. The molecule has 4 nitrogen and oxygen atoms in total. The Morgan fingerprint density at radius 1 is 1.37 bits per heavy atom. The fourth-order valence-electron chi connectivity index (χ4n) is 4.71. The van der Waals surface area contributed by atoms with Gasteiger partial charge in [-0.05, 0) is 43.9 Å². The molecule has 1 aromatic rings. The van der Waals surface area contributed by atoms with Gasteiger partial charge in [0.15, 0.2) is 0 Å². The number of amides is 1. The lowest BCUT2D eigenvalue weighted by Gasteiger charge is -2.52. The highest BCUT2D eigenvalue weighted by atomic mass is 79.9. The van der Waals surface area contributed by atoms with Crippen LogP contribution in [0.4, 0.5) is 0 Å². The van der Waals surface area contributed by atoms with Gasteiger partial charge in [0.25, 0.3) is 0 Å². The molecule has 5 heteroatoms. The Morgan fingerprint density at radius 2 is 2.11 bits per heavy atom. The number of fused-ring (bicyclic) bond motifs is 1. The summed E-state index contributed by atoms with van der Waals surface area (Å²) in [5, 5.41) is 3.39. The molecule has 1 heterocycles. The summed E-state index contributed by atoms with van der Waals surface area (Å²) in [6.07, 6.45) is 4.17. The summed E-state index contributed by atoms with van der Waals surface area (Å²) in [7, 11) is 1.70. The van der Waals surface area contributed by atoms with Gasteiger partial charge < -0.3 is 14.8 Å². The summed E-state index contributed by atoms with van der Waals surface area (Å²) >= 11 is 3.58. The number of ether oxygens (including phenoxy) is 2. The summed E-state index contributed by atoms with van der Waals surface area (Å²) in [6.45, 7) is 8.41. The van der Waals surface area contributed by atoms with E-state index in [-0.39, 0.29) is 29.6 Å². The van der Waals surface area contributed by atoms with Crippen LogP contribution in [0.25, 0.3) is 0 Å². The Balaban J connectivity index is 1.95. The molecule has 0 aromatic heterocycles. The molecule has 2 aliphatic rings. The molecule has 1 aromatic carbocycles. The number of methoxy groups -OCH3 is 1. The maximum absolute atomic E-state index is 12.6. The zero-order valence-electron chi connectivity index (χ0n) is 17.0. The second-order valence-electron chi connectivity index (χ2n) is 8.84. The van der Waals surface area contributed by atoms with Gasteiger partial charge in [0.2, 0.25) is 5.91 Å². The van der Waals surface area contributed by atoms with Crippen LogP contribution in [0, 0.1) is 17.8 Å². The van der Waals surface area contributed by atoms with Crippen molar-refractivity contribution in [1.82, 2.24) is 5.32 Å². The molecule has 2 fully saturated rings. The van der Waals surface area contributed by atoms with E-state index in [0.717, 1.165) is 35.0 Å². The minimum atomic E-state index is -0.275. The normalized spacial score (nSPS) is 33.4. The summed E-state index contributed by atoms with van der Waals surface area (Å²) in [4.78, 5) is 12.6. The summed E-state index contributed by atoms with van der Waals surface area (Å²) in [5.41, 5.74) is 0.774. The molecule has 1 N–H and O–H groups in total. The van der Waals surface area contributed by atoms with Gasteiger partial charge in [0.1, 0.15) is 5.75 Å². The first kappa shape index (κ1) is 20.7. The van der Waals surface area contributed by atoms with Crippen molar-refractivity contribution in [2.75, 3.05) is 7.11 Å². The molecule has 0 spiro atoms. The Bertz CT molecular complexity index is 692. The van der Waals surface area contributed by atoms with E-state index < -0.39 is 0 Å². The van der Waals surface area contributed by atoms with Crippen LogP contribution in [-0.2, 0) is 9.53 Å². The number of hydrogen-bond acceptors (Lipinski definition) is 3. The van der Waals surface area contributed by atoms with E-state index in [1.165, 1.54) is 6.42 Å². The Labute approximate surface area is 171 Å². The van der Waals surface area contributed by atoms with Crippen LogP contribution in [0.15, 0.2) is 22.7 Å². The van der Waals surface area contributed by atoms with Crippen molar-refractivity contribution in [2.45, 2.75) is 71.1 Å². The maximum atomic E-state index is 12.6. The van der Waals surface area contributed by atoms with Crippen molar-refractivity contribution in [3.8, 4) is 5.75 Å². The van der Waals surface area contributed by atoms with Crippen molar-refractivity contribution in [2.24, 2.45) is 17.8 Å². The quantitative estimate of drug-likeness (QED) is 0.698. The molecule has 150 valence electrons.